The van der Waals surface area contributed by atoms with E-state index in [-0.39, 0.29) is 6.17 Å². The number of benzene rings is 3. The molecule has 3 aromatic rings. The largest absolute Gasteiger partial charge is 0.263 e. The molecule has 1 saturated heterocycles. The standard InChI is InChI=1S/C23H19BrN2/c1-15-7-9-16(10-8-15)20-22-21(17-5-3-2-4-6-17)26(22)23(25-20)18-11-13-19(24)14-12-18/h2-14,21-23H,1H3/t21-,22-,23-,26?/m0/s1. The average Bonchev–Trinajstić information content (AvgIpc) is 3.29. The highest BCUT2D eigenvalue weighted by Crippen LogP contribution is 2.55. The van der Waals surface area contributed by atoms with Crippen molar-refractivity contribution >= 4 is 21.6 Å². The SMILES string of the molecule is Cc1ccc(C2=N[C@H](c3ccc(Br)cc3)N3[C@@H]2[C@@H]3c2ccccc2)cc1. The summed E-state index contributed by atoms with van der Waals surface area (Å²) in [6.45, 7) is 2.13. The van der Waals surface area contributed by atoms with Gasteiger partial charge in [0.05, 0.1) is 17.8 Å². The molecule has 2 heterocycles. The van der Waals surface area contributed by atoms with Crippen LogP contribution in [0.1, 0.15) is 34.5 Å². The minimum Gasteiger partial charge on any atom is -0.263 e. The molecule has 1 unspecified atom stereocenters. The van der Waals surface area contributed by atoms with Gasteiger partial charge in [0.15, 0.2) is 0 Å². The van der Waals surface area contributed by atoms with E-state index in [4.69, 9.17) is 4.99 Å². The van der Waals surface area contributed by atoms with E-state index in [1.807, 2.05) is 0 Å². The Morgan fingerprint density at radius 3 is 2.15 bits per heavy atom. The van der Waals surface area contributed by atoms with Crippen LogP contribution in [0.4, 0.5) is 0 Å². The minimum atomic E-state index is 0.0922. The van der Waals surface area contributed by atoms with Gasteiger partial charge in [0, 0.05) is 4.47 Å². The number of rotatable bonds is 3. The first-order chi connectivity index (χ1) is 12.7. The second-order valence-corrected chi connectivity index (χ2v) is 7.97. The molecule has 26 heavy (non-hydrogen) atoms. The van der Waals surface area contributed by atoms with Crippen LogP contribution < -0.4 is 0 Å². The molecule has 128 valence electrons. The fourth-order valence-corrected chi connectivity index (χ4v) is 4.24. The van der Waals surface area contributed by atoms with Gasteiger partial charge in [0.2, 0.25) is 0 Å². The molecule has 3 heteroatoms. The number of halogens is 1. The van der Waals surface area contributed by atoms with Gasteiger partial charge < -0.3 is 0 Å². The lowest BCUT2D eigenvalue weighted by Crippen LogP contribution is -2.08. The molecular weight excluding hydrogens is 384 g/mol. The third kappa shape index (κ3) is 2.63. The van der Waals surface area contributed by atoms with Crippen LogP contribution in [-0.2, 0) is 0 Å². The third-order valence-electron chi connectivity index (χ3n) is 5.33. The van der Waals surface area contributed by atoms with Gasteiger partial charge in [0.25, 0.3) is 0 Å². The maximum absolute atomic E-state index is 5.12. The van der Waals surface area contributed by atoms with E-state index in [0.29, 0.717) is 12.1 Å². The summed E-state index contributed by atoms with van der Waals surface area (Å²) in [6.07, 6.45) is 0.0922. The smallest absolute Gasteiger partial charge is 0.129 e. The Morgan fingerprint density at radius 1 is 0.769 bits per heavy atom. The molecule has 1 fully saturated rings. The second kappa shape index (κ2) is 6.19. The Morgan fingerprint density at radius 2 is 1.46 bits per heavy atom. The first kappa shape index (κ1) is 16.0. The summed E-state index contributed by atoms with van der Waals surface area (Å²) < 4.78 is 1.10. The molecule has 0 saturated carbocycles. The maximum atomic E-state index is 5.12. The van der Waals surface area contributed by atoms with Crippen molar-refractivity contribution in [3.63, 3.8) is 0 Å². The third-order valence-corrected chi connectivity index (χ3v) is 5.86. The molecule has 4 atom stereocenters. The van der Waals surface area contributed by atoms with Crippen LogP contribution in [0.5, 0.6) is 0 Å². The Bertz CT molecular complexity index is 961. The Hall–Kier alpha value is -2.23. The Balaban J connectivity index is 1.56. The minimum absolute atomic E-state index is 0.0922. The number of hydrogen-bond donors (Lipinski definition) is 0. The van der Waals surface area contributed by atoms with Crippen molar-refractivity contribution in [2.24, 2.45) is 4.99 Å². The normalized spacial score (nSPS) is 26.3. The molecule has 2 aliphatic rings. The van der Waals surface area contributed by atoms with Gasteiger partial charge in [0.1, 0.15) is 6.17 Å². The van der Waals surface area contributed by atoms with E-state index in [2.05, 4.69) is 107 Å². The lowest BCUT2D eigenvalue weighted by atomic mass is 10.0. The van der Waals surface area contributed by atoms with E-state index in [1.165, 1.54) is 28.0 Å². The molecule has 0 aromatic heterocycles. The van der Waals surface area contributed by atoms with Gasteiger partial charge in [-0.05, 0) is 35.7 Å². The first-order valence-corrected chi connectivity index (χ1v) is 9.74. The summed E-state index contributed by atoms with van der Waals surface area (Å²) in [7, 11) is 0. The van der Waals surface area contributed by atoms with Gasteiger partial charge in [-0.15, -0.1) is 0 Å². The number of aryl methyl sites for hydroxylation is 1. The number of fused-ring (bicyclic) bond motifs is 1. The van der Waals surface area contributed by atoms with Crippen LogP contribution >= 0.6 is 15.9 Å². The highest BCUT2D eigenvalue weighted by atomic mass is 79.9. The van der Waals surface area contributed by atoms with Crippen LogP contribution in [-0.4, -0.2) is 16.7 Å². The molecule has 3 aromatic carbocycles. The summed E-state index contributed by atoms with van der Waals surface area (Å²) >= 11 is 3.53. The maximum Gasteiger partial charge on any atom is 0.129 e. The zero-order valence-corrected chi connectivity index (χ0v) is 16.1. The predicted octanol–water partition coefficient (Wildman–Crippen LogP) is 5.68. The van der Waals surface area contributed by atoms with Gasteiger partial charge in [-0.25, -0.2) is 0 Å². The van der Waals surface area contributed by atoms with Gasteiger partial charge in [-0.3, -0.25) is 9.89 Å². The molecule has 5 rings (SSSR count). The molecule has 0 amide bonds. The van der Waals surface area contributed by atoms with E-state index >= 15 is 0 Å². The molecule has 2 nitrogen and oxygen atoms in total. The van der Waals surface area contributed by atoms with Crippen molar-refractivity contribution in [1.29, 1.82) is 0 Å². The van der Waals surface area contributed by atoms with Crippen molar-refractivity contribution in [1.82, 2.24) is 4.90 Å². The van der Waals surface area contributed by atoms with Gasteiger partial charge in [-0.2, -0.15) is 0 Å². The van der Waals surface area contributed by atoms with E-state index in [1.54, 1.807) is 0 Å². The number of hydrogen-bond acceptors (Lipinski definition) is 2. The summed E-state index contributed by atoms with van der Waals surface area (Å²) in [5, 5.41) is 0. The fraction of sp³-hybridized carbons (Fsp3) is 0.174. The Labute approximate surface area is 162 Å². The fourth-order valence-electron chi connectivity index (χ4n) is 3.97. The zero-order chi connectivity index (χ0) is 17.7. The number of nitrogens with zero attached hydrogens (tertiary/aromatic N) is 2. The summed E-state index contributed by atoms with van der Waals surface area (Å²) in [5.41, 5.74) is 6.36. The summed E-state index contributed by atoms with van der Waals surface area (Å²) in [5.74, 6) is 0. The van der Waals surface area contributed by atoms with E-state index in [0.717, 1.165) is 4.47 Å². The topological polar surface area (TPSA) is 15.4 Å². The molecule has 0 bridgehead atoms. The summed E-state index contributed by atoms with van der Waals surface area (Å²) in [4.78, 5) is 7.64. The van der Waals surface area contributed by atoms with Crippen LogP contribution in [0, 0.1) is 6.92 Å². The lowest BCUT2D eigenvalue weighted by Gasteiger charge is -2.14. The quantitative estimate of drug-likeness (QED) is 0.514. The highest BCUT2D eigenvalue weighted by Gasteiger charge is 2.59. The van der Waals surface area contributed by atoms with Crippen LogP contribution in [0.2, 0.25) is 0 Å². The van der Waals surface area contributed by atoms with Gasteiger partial charge in [-0.1, -0.05) is 88.2 Å². The van der Waals surface area contributed by atoms with Crippen molar-refractivity contribution < 1.29 is 0 Å². The molecule has 2 aliphatic heterocycles. The number of aliphatic imine (C=N–C) groups is 1. The molecule has 0 radical (unpaired) electrons. The van der Waals surface area contributed by atoms with Crippen molar-refractivity contribution in [3.05, 3.63) is 106 Å². The van der Waals surface area contributed by atoms with Gasteiger partial charge >= 0.3 is 0 Å². The summed E-state index contributed by atoms with van der Waals surface area (Å²) in [6, 6.07) is 28.9. The predicted molar refractivity (Wildman–Crippen MR) is 109 cm³/mol. The second-order valence-electron chi connectivity index (χ2n) is 7.05. The first-order valence-electron chi connectivity index (χ1n) is 8.95. The van der Waals surface area contributed by atoms with E-state index in [9.17, 15) is 0 Å². The monoisotopic (exact) mass is 402 g/mol. The Kier molecular flexibility index (Phi) is 3.80. The highest BCUT2D eigenvalue weighted by molar-refractivity contribution is 9.10. The van der Waals surface area contributed by atoms with Crippen LogP contribution in [0.15, 0.2) is 88.3 Å². The molecule has 0 spiro atoms. The zero-order valence-electron chi connectivity index (χ0n) is 14.5. The van der Waals surface area contributed by atoms with Crippen molar-refractivity contribution in [2.75, 3.05) is 0 Å². The van der Waals surface area contributed by atoms with Crippen LogP contribution in [0.25, 0.3) is 0 Å². The van der Waals surface area contributed by atoms with Crippen molar-refractivity contribution in [2.45, 2.75) is 25.2 Å². The van der Waals surface area contributed by atoms with E-state index < -0.39 is 0 Å². The molecule has 0 N–H and O–H groups in total. The average molecular weight is 403 g/mol. The molecular formula is C23H19BrN2. The van der Waals surface area contributed by atoms with Crippen molar-refractivity contribution in [3.8, 4) is 0 Å². The molecule has 0 aliphatic carbocycles. The lowest BCUT2D eigenvalue weighted by molar-refractivity contribution is 0.404. The van der Waals surface area contributed by atoms with Crippen LogP contribution in [0.3, 0.4) is 0 Å².